The Morgan fingerprint density at radius 1 is 0.839 bits per heavy atom. The van der Waals surface area contributed by atoms with Gasteiger partial charge in [-0.3, -0.25) is 9.59 Å². The van der Waals surface area contributed by atoms with Gasteiger partial charge in [-0.05, 0) is 42.7 Å². The van der Waals surface area contributed by atoms with Gasteiger partial charge in [0.05, 0.1) is 0 Å². The Kier molecular flexibility index (Phi) is 6.75. The van der Waals surface area contributed by atoms with Crippen LogP contribution in [0.3, 0.4) is 0 Å². The average Bonchev–Trinajstić information content (AvgIpc) is 3.25. The fourth-order valence-corrected chi connectivity index (χ4v) is 4.31. The number of hydrogen-bond donors (Lipinski definition) is 0. The van der Waals surface area contributed by atoms with E-state index >= 15 is 0 Å². The molecule has 2 aliphatic heterocycles. The first-order valence-electron chi connectivity index (χ1n) is 11.2. The van der Waals surface area contributed by atoms with Gasteiger partial charge in [-0.2, -0.15) is 0 Å². The number of benzene rings is 2. The molecule has 0 bridgehead atoms. The van der Waals surface area contributed by atoms with E-state index in [2.05, 4.69) is 0 Å². The second-order valence-electron chi connectivity index (χ2n) is 8.22. The minimum absolute atomic E-state index is 0.0302. The molecule has 4 rings (SSSR count). The molecule has 2 heterocycles. The number of anilines is 1. The van der Waals surface area contributed by atoms with Crippen molar-refractivity contribution in [2.75, 3.05) is 24.8 Å². The van der Waals surface area contributed by atoms with Crippen LogP contribution in [0.4, 0.5) is 5.69 Å². The molecular weight excluding hydrogens is 392 g/mol. The topological polar surface area (TPSA) is 59.1 Å². The Balaban J connectivity index is 1.64. The van der Waals surface area contributed by atoms with Crippen molar-refractivity contribution >= 4 is 17.5 Å². The van der Waals surface area contributed by atoms with Crippen LogP contribution in [-0.2, 0) is 11.3 Å². The van der Waals surface area contributed by atoms with Crippen LogP contribution in [0.25, 0.3) is 0 Å². The highest BCUT2D eigenvalue weighted by Crippen LogP contribution is 2.33. The molecule has 2 aromatic carbocycles. The Labute approximate surface area is 183 Å². The predicted octanol–water partition coefficient (Wildman–Crippen LogP) is 4.76. The lowest BCUT2D eigenvalue weighted by Crippen LogP contribution is -2.34. The molecule has 0 aromatic heterocycles. The first-order valence-corrected chi connectivity index (χ1v) is 11.2. The molecule has 164 valence electrons. The summed E-state index contributed by atoms with van der Waals surface area (Å²) < 4.78 is 10.8. The maximum atomic E-state index is 13.5. The van der Waals surface area contributed by atoms with Gasteiger partial charge >= 0.3 is 0 Å². The third-order valence-corrected chi connectivity index (χ3v) is 5.99. The van der Waals surface area contributed by atoms with E-state index in [0.717, 1.165) is 49.8 Å². The maximum Gasteiger partial charge on any atom is 0.254 e. The van der Waals surface area contributed by atoms with E-state index in [-0.39, 0.29) is 18.6 Å². The van der Waals surface area contributed by atoms with Crippen molar-refractivity contribution in [2.45, 2.75) is 52.0 Å². The second kappa shape index (κ2) is 9.86. The molecule has 0 radical (unpaired) electrons. The fourth-order valence-electron chi connectivity index (χ4n) is 4.31. The summed E-state index contributed by atoms with van der Waals surface area (Å²) in [6.45, 7) is 3.66. The van der Waals surface area contributed by atoms with Gasteiger partial charge in [0.15, 0.2) is 11.5 Å². The van der Waals surface area contributed by atoms with Crippen molar-refractivity contribution in [3.05, 3.63) is 53.6 Å². The van der Waals surface area contributed by atoms with Crippen molar-refractivity contribution in [1.29, 1.82) is 0 Å². The SMILES string of the molecule is CC(=O)N1CCCCCCCCN(C(=O)c2ccc3c(c2)OCO3)Cc2ccccc21. The lowest BCUT2D eigenvalue weighted by Gasteiger charge is -2.28. The minimum Gasteiger partial charge on any atom is -0.454 e. The summed E-state index contributed by atoms with van der Waals surface area (Å²) in [4.78, 5) is 29.6. The summed E-state index contributed by atoms with van der Waals surface area (Å²) in [5.41, 5.74) is 2.48. The summed E-state index contributed by atoms with van der Waals surface area (Å²) in [5.74, 6) is 1.29. The summed E-state index contributed by atoms with van der Waals surface area (Å²) in [7, 11) is 0. The quantitative estimate of drug-likeness (QED) is 0.665. The van der Waals surface area contributed by atoms with Gasteiger partial charge in [-0.25, -0.2) is 0 Å². The van der Waals surface area contributed by atoms with Gasteiger partial charge in [0.2, 0.25) is 12.7 Å². The van der Waals surface area contributed by atoms with E-state index < -0.39 is 0 Å². The standard InChI is InChI=1S/C25H30N2O4/c1-19(28)27-15-9-5-3-2-4-8-14-26(17-21-10-6-7-11-22(21)27)25(29)20-12-13-23-24(16-20)31-18-30-23/h6-7,10-13,16H,2-5,8-9,14-15,17-18H2,1H3. The summed E-state index contributed by atoms with van der Waals surface area (Å²) in [5, 5.41) is 0. The molecule has 0 spiro atoms. The first-order chi connectivity index (χ1) is 15.1. The van der Waals surface area contributed by atoms with Gasteiger partial charge in [0.25, 0.3) is 5.91 Å². The van der Waals surface area contributed by atoms with Gasteiger partial charge in [-0.15, -0.1) is 0 Å². The lowest BCUT2D eigenvalue weighted by molar-refractivity contribution is -0.116. The molecule has 0 saturated carbocycles. The number of rotatable bonds is 1. The van der Waals surface area contributed by atoms with E-state index in [1.807, 2.05) is 34.1 Å². The molecule has 0 fully saturated rings. The van der Waals surface area contributed by atoms with E-state index in [1.165, 1.54) is 0 Å². The highest BCUT2D eigenvalue weighted by atomic mass is 16.7. The van der Waals surface area contributed by atoms with E-state index in [0.29, 0.717) is 36.7 Å². The monoisotopic (exact) mass is 422 g/mol. The third-order valence-electron chi connectivity index (χ3n) is 5.99. The van der Waals surface area contributed by atoms with Gasteiger partial charge in [-0.1, -0.05) is 43.9 Å². The highest BCUT2D eigenvalue weighted by Gasteiger charge is 2.23. The number of carbonyl (C=O) groups is 2. The maximum absolute atomic E-state index is 13.5. The number of nitrogens with zero attached hydrogens (tertiary/aromatic N) is 2. The molecule has 2 aliphatic rings. The van der Waals surface area contributed by atoms with Gasteiger partial charge < -0.3 is 19.3 Å². The molecular formula is C25H30N2O4. The molecule has 0 saturated heterocycles. The van der Waals surface area contributed by atoms with Crippen LogP contribution in [0, 0.1) is 0 Å². The molecule has 0 atom stereocenters. The second-order valence-corrected chi connectivity index (χ2v) is 8.22. The zero-order valence-corrected chi connectivity index (χ0v) is 18.1. The molecule has 2 amide bonds. The van der Waals surface area contributed by atoms with Crippen LogP contribution in [0.2, 0.25) is 0 Å². The normalized spacial score (nSPS) is 17.2. The minimum atomic E-state index is -0.0302. The number of amides is 2. The molecule has 0 unspecified atom stereocenters. The summed E-state index contributed by atoms with van der Waals surface area (Å²) in [6.07, 6.45) is 6.49. The molecule has 0 aliphatic carbocycles. The number of fused-ring (bicyclic) bond motifs is 2. The van der Waals surface area contributed by atoms with Crippen LogP contribution in [0.1, 0.15) is 61.4 Å². The van der Waals surface area contributed by atoms with E-state index in [4.69, 9.17) is 9.47 Å². The highest BCUT2D eigenvalue weighted by molar-refractivity contribution is 5.95. The molecule has 0 N–H and O–H groups in total. The van der Waals surface area contributed by atoms with E-state index in [1.54, 1.807) is 25.1 Å². The summed E-state index contributed by atoms with van der Waals surface area (Å²) >= 11 is 0. The Bertz CT molecular complexity index is 943. The van der Waals surface area contributed by atoms with Crippen LogP contribution in [-0.4, -0.2) is 36.6 Å². The number of hydrogen-bond acceptors (Lipinski definition) is 4. The zero-order valence-electron chi connectivity index (χ0n) is 18.1. The fraction of sp³-hybridized carbons (Fsp3) is 0.440. The van der Waals surface area contributed by atoms with Crippen LogP contribution in [0.5, 0.6) is 11.5 Å². The number of para-hydroxylation sites is 1. The number of ether oxygens (including phenoxy) is 2. The molecule has 6 heteroatoms. The van der Waals surface area contributed by atoms with Crippen molar-refractivity contribution in [3.8, 4) is 11.5 Å². The Morgan fingerprint density at radius 3 is 2.35 bits per heavy atom. The first kappa shape index (κ1) is 21.2. The Morgan fingerprint density at radius 2 is 1.55 bits per heavy atom. The third kappa shape index (κ3) is 5.01. The van der Waals surface area contributed by atoms with Crippen LogP contribution < -0.4 is 14.4 Å². The van der Waals surface area contributed by atoms with Gasteiger partial charge in [0, 0.05) is 37.8 Å². The summed E-state index contributed by atoms with van der Waals surface area (Å²) in [6, 6.07) is 13.3. The lowest BCUT2D eigenvalue weighted by atomic mass is 10.1. The van der Waals surface area contributed by atoms with Crippen LogP contribution in [0.15, 0.2) is 42.5 Å². The van der Waals surface area contributed by atoms with Crippen molar-refractivity contribution in [2.24, 2.45) is 0 Å². The average molecular weight is 423 g/mol. The van der Waals surface area contributed by atoms with E-state index in [9.17, 15) is 9.59 Å². The van der Waals surface area contributed by atoms with Crippen LogP contribution >= 0.6 is 0 Å². The Hall–Kier alpha value is -3.02. The molecule has 31 heavy (non-hydrogen) atoms. The molecule has 2 aromatic rings. The largest absolute Gasteiger partial charge is 0.454 e. The smallest absolute Gasteiger partial charge is 0.254 e. The van der Waals surface area contributed by atoms with Gasteiger partial charge in [0.1, 0.15) is 0 Å². The van der Waals surface area contributed by atoms with Crippen molar-refractivity contribution in [3.63, 3.8) is 0 Å². The molecule has 6 nitrogen and oxygen atoms in total. The predicted molar refractivity (Wildman–Crippen MR) is 119 cm³/mol. The zero-order chi connectivity index (χ0) is 21.6. The van der Waals surface area contributed by atoms with Crippen molar-refractivity contribution in [1.82, 2.24) is 4.90 Å². The number of carbonyl (C=O) groups excluding carboxylic acids is 2. The van der Waals surface area contributed by atoms with Crippen molar-refractivity contribution < 1.29 is 19.1 Å².